The highest BCUT2D eigenvalue weighted by Crippen LogP contribution is 2.40. The number of nitrogens with zero attached hydrogens (tertiary/aromatic N) is 3. The fourth-order valence-electron chi connectivity index (χ4n) is 4.51. The fourth-order valence-corrected chi connectivity index (χ4v) is 4.51. The number of anilines is 1. The largest absolute Gasteiger partial charge is 0.397 e. The van der Waals surface area contributed by atoms with E-state index in [4.69, 9.17) is 15.7 Å². The minimum Gasteiger partial charge on any atom is -0.397 e. The van der Waals surface area contributed by atoms with Gasteiger partial charge in [0, 0.05) is 28.6 Å². The average molecular weight is 406 g/mol. The lowest BCUT2D eigenvalue weighted by molar-refractivity contribution is 0.0715. The average Bonchev–Trinajstić information content (AvgIpc) is 3.17. The zero-order valence-electron chi connectivity index (χ0n) is 16.9. The van der Waals surface area contributed by atoms with E-state index in [1.54, 1.807) is 0 Å². The highest BCUT2D eigenvalue weighted by atomic mass is 16.3. The number of hydrogen-bond acceptors (Lipinski definition) is 4. The number of fused-ring (bicyclic) bond motifs is 2. The molecule has 0 unspecified atom stereocenters. The first-order valence-electron chi connectivity index (χ1n) is 10.6. The van der Waals surface area contributed by atoms with E-state index in [1.807, 2.05) is 36.5 Å². The highest BCUT2D eigenvalue weighted by Gasteiger charge is 2.33. The Labute approximate surface area is 179 Å². The molecule has 5 heteroatoms. The van der Waals surface area contributed by atoms with Crippen LogP contribution in [0.15, 0.2) is 79.0 Å². The Bertz CT molecular complexity index is 1420. The molecule has 0 amide bonds. The minimum absolute atomic E-state index is 0.233. The van der Waals surface area contributed by atoms with E-state index < -0.39 is 0 Å². The second kappa shape index (κ2) is 6.93. The number of aliphatic hydroxyl groups is 1. The molecule has 0 atom stereocenters. The summed E-state index contributed by atoms with van der Waals surface area (Å²) >= 11 is 0. The predicted molar refractivity (Wildman–Crippen MR) is 124 cm³/mol. The molecule has 0 aliphatic heterocycles. The predicted octanol–water partition coefficient (Wildman–Crippen LogP) is 5.04. The third kappa shape index (κ3) is 2.97. The van der Waals surface area contributed by atoms with Crippen LogP contribution >= 0.6 is 0 Å². The number of benzene rings is 2. The third-order valence-corrected chi connectivity index (χ3v) is 6.24. The van der Waals surface area contributed by atoms with Gasteiger partial charge in [-0.15, -0.1) is 0 Å². The third-order valence-electron chi connectivity index (χ3n) is 6.24. The zero-order valence-corrected chi connectivity index (χ0v) is 16.9. The maximum Gasteiger partial charge on any atom is 0.117 e. The molecular formula is C26H22N4O. The van der Waals surface area contributed by atoms with Crippen LogP contribution in [-0.2, 0) is 0 Å². The molecule has 1 aliphatic carbocycles. The molecule has 3 heterocycles. The van der Waals surface area contributed by atoms with Crippen molar-refractivity contribution in [3.8, 4) is 22.5 Å². The van der Waals surface area contributed by atoms with Crippen LogP contribution in [0.1, 0.15) is 24.6 Å². The molecule has 3 N–H and O–H groups in total. The minimum atomic E-state index is -0.233. The van der Waals surface area contributed by atoms with Gasteiger partial charge < -0.3 is 15.2 Å². The lowest BCUT2D eigenvalue weighted by Crippen LogP contribution is -2.27. The van der Waals surface area contributed by atoms with Gasteiger partial charge in [-0.1, -0.05) is 48.5 Å². The summed E-state index contributed by atoms with van der Waals surface area (Å²) < 4.78 is 2.08. The van der Waals surface area contributed by atoms with Crippen molar-refractivity contribution < 1.29 is 5.11 Å². The summed E-state index contributed by atoms with van der Waals surface area (Å²) in [7, 11) is 0. The van der Waals surface area contributed by atoms with Gasteiger partial charge in [0.1, 0.15) is 5.82 Å². The smallest absolute Gasteiger partial charge is 0.117 e. The Balaban J connectivity index is 1.51. The quantitative estimate of drug-likeness (QED) is 0.440. The first-order chi connectivity index (χ1) is 15.2. The van der Waals surface area contributed by atoms with Crippen LogP contribution < -0.4 is 5.73 Å². The number of aliphatic hydroxyl groups excluding tert-OH is 1. The van der Waals surface area contributed by atoms with Gasteiger partial charge in [0.05, 0.1) is 34.2 Å². The van der Waals surface area contributed by atoms with Crippen molar-refractivity contribution in [1.82, 2.24) is 14.4 Å². The molecule has 6 rings (SSSR count). The molecule has 1 fully saturated rings. The Morgan fingerprint density at radius 2 is 1.68 bits per heavy atom. The first-order valence-corrected chi connectivity index (χ1v) is 10.6. The van der Waals surface area contributed by atoms with Crippen molar-refractivity contribution in [2.24, 2.45) is 0 Å². The number of nitrogen functional groups attached to an aromatic ring is 1. The van der Waals surface area contributed by atoms with E-state index in [9.17, 15) is 5.11 Å². The fraction of sp³-hybridized carbons (Fsp3) is 0.154. The zero-order chi connectivity index (χ0) is 20.9. The summed E-state index contributed by atoms with van der Waals surface area (Å²) in [5, 5.41) is 10.9. The molecule has 31 heavy (non-hydrogen) atoms. The topological polar surface area (TPSA) is 76.4 Å². The molecular weight excluding hydrogens is 384 g/mol. The van der Waals surface area contributed by atoms with E-state index in [2.05, 4.69) is 46.9 Å². The van der Waals surface area contributed by atoms with Gasteiger partial charge >= 0.3 is 0 Å². The number of pyridine rings is 2. The van der Waals surface area contributed by atoms with Crippen LogP contribution in [0.25, 0.3) is 38.9 Å². The van der Waals surface area contributed by atoms with Crippen LogP contribution in [0.3, 0.4) is 0 Å². The number of imidazole rings is 1. The monoisotopic (exact) mass is 406 g/mol. The van der Waals surface area contributed by atoms with E-state index in [0.29, 0.717) is 5.69 Å². The SMILES string of the molecule is Nc1cccn2c(C3CC(O)C3)nc(-c3ccc4ccc(-c5ccccc5)nc4c3)c12. The van der Waals surface area contributed by atoms with E-state index in [-0.39, 0.29) is 12.0 Å². The summed E-state index contributed by atoms with van der Waals surface area (Å²) in [4.78, 5) is 9.92. The standard InChI is InChI=1S/C26H22N4O/c27-21-7-4-12-30-25(21)24(29-26(30)19-13-20(31)14-19)18-9-8-17-10-11-22(28-23(17)15-18)16-5-2-1-3-6-16/h1-12,15,19-20,31H,13-14,27H2. The molecule has 3 aromatic heterocycles. The van der Waals surface area contributed by atoms with Gasteiger partial charge in [-0.25, -0.2) is 9.97 Å². The molecule has 0 spiro atoms. The van der Waals surface area contributed by atoms with E-state index >= 15 is 0 Å². The number of rotatable bonds is 3. The van der Waals surface area contributed by atoms with E-state index in [1.165, 1.54) is 0 Å². The Kier molecular flexibility index (Phi) is 4.04. The first kappa shape index (κ1) is 18.1. The molecule has 2 aromatic carbocycles. The van der Waals surface area contributed by atoms with Crippen molar-refractivity contribution in [1.29, 1.82) is 0 Å². The molecule has 5 nitrogen and oxygen atoms in total. The van der Waals surface area contributed by atoms with Gasteiger partial charge in [-0.3, -0.25) is 0 Å². The van der Waals surface area contributed by atoms with Crippen LogP contribution in [0.5, 0.6) is 0 Å². The van der Waals surface area contributed by atoms with Crippen LogP contribution in [0, 0.1) is 0 Å². The van der Waals surface area contributed by atoms with Gasteiger partial charge in [0.25, 0.3) is 0 Å². The Morgan fingerprint density at radius 1 is 0.871 bits per heavy atom. The van der Waals surface area contributed by atoms with Gasteiger partial charge in [-0.2, -0.15) is 0 Å². The summed E-state index contributed by atoms with van der Waals surface area (Å²) in [6.45, 7) is 0. The molecule has 1 saturated carbocycles. The Hall–Kier alpha value is -3.70. The highest BCUT2D eigenvalue weighted by molar-refractivity contribution is 5.92. The Morgan fingerprint density at radius 3 is 2.48 bits per heavy atom. The number of aromatic nitrogens is 3. The van der Waals surface area contributed by atoms with Crippen LogP contribution in [0.2, 0.25) is 0 Å². The second-order valence-electron chi connectivity index (χ2n) is 8.29. The molecule has 0 bridgehead atoms. The lowest BCUT2D eigenvalue weighted by Gasteiger charge is -2.30. The lowest BCUT2D eigenvalue weighted by atomic mass is 9.82. The van der Waals surface area contributed by atoms with Gasteiger partial charge in [0.2, 0.25) is 0 Å². The van der Waals surface area contributed by atoms with Crippen molar-refractivity contribution in [2.75, 3.05) is 5.73 Å². The molecule has 5 aromatic rings. The number of nitrogens with two attached hydrogens (primary N) is 1. The molecule has 0 radical (unpaired) electrons. The summed E-state index contributed by atoms with van der Waals surface area (Å²) in [5.74, 6) is 1.22. The van der Waals surface area contributed by atoms with Crippen molar-refractivity contribution >= 4 is 22.1 Å². The van der Waals surface area contributed by atoms with Crippen LogP contribution in [0.4, 0.5) is 5.69 Å². The maximum atomic E-state index is 9.80. The maximum absolute atomic E-state index is 9.80. The number of hydrogen-bond donors (Lipinski definition) is 2. The summed E-state index contributed by atoms with van der Waals surface area (Å²) in [6, 6.07) is 24.5. The van der Waals surface area contributed by atoms with E-state index in [0.717, 1.165) is 57.6 Å². The van der Waals surface area contributed by atoms with Gasteiger partial charge in [0.15, 0.2) is 0 Å². The normalized spacial score (nSPS) is 18.4. The van der Waals surface area contributed by atoms with Crippen molar-refractivity contribution in [3.05, 3.63) is 84.8 Å². The van der Waals surface area contributed by atoms with Crippen molar-refractivity contribution in [2.45, 2.75) is 24.9 Å². The molecule has 152 valence electrons. The molecule has 1 aliphatic rings. The summed E-state index contributed by atoms with van der Waals surface area (Å²) in [6.07, 6.45) is 3.26. The van der Waals surface area contributed by atoms with Crippen molar-refractivity contribution in [3.63, 3.8) is 0 Å². The molecule has 0 saturated heterocycles. The second-order valence-corrected chi connectivity index (χ2v) is 8.29. The van der Waals surface area contributed by atoms with Crippen LogP contribution in [-0.4, -0.2) is 25.6 Å². The summed E-state index contributed by atoms with van der Waals surface area (Å²) in [5.41, 5.74) is 12.8. The van der Waals surface area contributed by atoms with Gasteiger partial charge in [-0.05, 0) is 37.1 Å².